The highest BCUT2D eigenvalue weighted by atomic mass is 79.9. The van der Waals surface area contributed by atoms with Crippen molar-refractivity contribution in [2.75, 3.05) is 5.73 Å². The van der Waals surface area contributed by atoms with Crippen LogP contribution in [-0.2, 0) is 16.6 Å². The van der Waals surface area contributed by atoms with Gasteiger partial charge in [-0.2, -0.15) is 0 Å². The summed E-state index contributed by atoms with van der Waals surface area (Å²) >= 11 is 3.20. The Bertz CT molecular complexity index is 720. The van der Waals surface area contributed by atoms with Crippen LogP contribution in [0.25, 0.3) is 0 Å². The molecule has 0 amide bonds. The Hall–Kier alpha value is -1.51. The molecule has 1 heterocycles. The third kappa shape index (κ3) is 3.53. The Morgan fingerprint density at radius 3 is 2.70 bits per heavy atom. The normalized spacial score (nSPS) is 11.5. The van der Waals surface area contributed by atoms with Gasteiger partial charge in [-0.05, 0) is 30.3 Å². The van der Waals surface area contributed by atoms with Gasteiger partial charge in [0, 0.05) is 22.8 Å². The maximum Gasteiger partial charge on any atom is 0.242 e. The third-order valence-corrected chi connectivity index (χ3v) is 4.41. The van der Waals surface area contributed by atoms with Gasteiger partial charge in [0.1, 0.15) is 16.5 Å². The molecule has 106 valence electrons. The molecule has 0 aliphatic rings. The van der Waals surface area contributed by atoms with Crippen molar-refractivity contribution in [1.29, 1.82) is 0 Å². The number of halogens is 2. The van der Waals surface area contributed by atoms with Crippen LogP contribution in [0.5, 0.6) is 0 Å². The van der Waals surface area contributed by atoms with Crippen LogP contribution in [0.15, 0.2) is 45.9 Å². The molecule has 2 aromatic rings. The average Bonchev–Trinajstić information content (AvgIpc) is 2.40. The molecule has 8 heteroatoms. The molecule has 5 nitrogen and oxygen atoms in total. The fraction of sp³-hybridized carbons (Fsp3) is 0.0833. The predicted molar refractivity (Wildman–Crippen MR) is 76.8 cm³/mol. The van der Waals surface area contributed by atoms with Crippen LogP contribution in [0.4, 0.5) is 10.2 Å². The van der Waals surface area contributed by atoms with Crippen molar-refractivity contribution in [3.8, 4) is 0 Å². The number of hydrogen-bond donors (Lipinski definition) is 2. The highest BCUT2D eigenvalue weighted by Gasteiger charge is 2.15. The maximum atomic E-state index is 13.5. The molecular formula is C12H11BrFN3O2S. The lowest BCUT2D eigenvalue weighted by Gasteiger charge is -2.08. The Morgan fingerprint density at radius 1 is 1.30 bits per heavy atom. The lowest BCUT2D eigenvalue weighted by Crippen LogP contribution is -2.24. The molecule has 1 aromatic carbocycles. The van der Waals surface area contributed by atoms with Gasteiger partial charge in [0.2, 0.25) is 10.0 Å². The van der Waals surface area contributed by atoms with E-state index < -0.39 is 15.8 Å². The van der Waals surface area contributed by atoms with Crippen molar-refractivity contribution in [3.63, 3.8) is 0 Å². The summed E-state index contributed by atoms with van der Waals surface area (Å²) in [7, 11) is -3.75. The van der Waals surface area contributed by atoms with Gasteiger partial charge in [-0.3, -0.25) is 0 Å². The SMILES string of the molecule is Nc1ccc(S(=O)(=O)NCc2cc(Br)ccc2F)cn1. The quantitative estimate of drug-likeness (QED) is 0.874. The van der Waals surface area contributed by atoms with Gasteiger partial charge in [0.25, 0.3) is 0 Å². The molecule has 0 radical (unpaired) electrons. The zero-order chi connectivity index (χ0) is 14.8. The van der Waals surface area contributed by atoms with Crippen molar-refractivity contribution in [1.82, 2.24) is 9.71 Å². The molecule has 20 heavy (non-hydrogen) atoms. The second kappa shape index (κ2) is 5.86. The summed E-state index contributed by atoms with van der Waals surface area (Å²) < 4.78 is 40.5. The topological polar surface area (TPSA) is 85.1 Å². The highest BCUT2D eigenvalue weighted by molar-refractivity contribution is 9.10. The summed E-state index contributed by atoms with van der Waals surface area (Å²) in [6.45, 7) is -0.155. The van der Waals surface area contributed by atoms with Gasteiger partial charge in [-0.1, -0.05) is 15.9 Å². The number of benzene rings is 1. The maximum absolute atomic E-state index is 13.5. The monoisotopic (exact) mass is 359 g/mol. The van der Waals surface area contributed by atoms with Crippen LogP contribution in [0, 0.1) is 5.82 Å². The fourth-order valence-corrected chi connectivity index (χ4v) is 2.84. The van der Waals surface area contributed by atoms with E-state index in [2.05, 4.69) is 25.6 Å². The van der Waals surface area contributed by atoms with Crippen molar-refractivity contribution < 1.29 is 12.8 Å². The number of hydrogen-bond acceptors (Lipinski definition) is 4. The molecule has 0 aliphatic heterocycles. The highest BCUT2D eigenvalue weighted by Crippen LogP contribution is 2.16. The minimum Gasteiger partial charge on any atom is -0.384 e. The van der Waals surface area contributed by atoms with E-state index in [1.54, 1.807) is 0 Å². The van der Waals surface area contributed by atoms with E-state index in [1.165, 1.54) is 30.3 Å². The van der Waals surface area contributed by atoms with Gasteiger partial charge in [-0.15, -0.1) is 0 Å². The number of rotatable bonds is 4. The average molecular weight is 360 g/mol. The molecule has 0 aliphatic carbocycles. The molecule has 0 saturated carbocycles. The van der Waals surface area contributed by atoms with Crippen LogP contribution >= 0.6 is 15.9 Å². The first-order valence-corrected chi connectivity index (χ1v) is 7.81. The van der Waals surface area contributed by atoms with Gasteiger partial charge in [0.15, 0.2) is 0 Å². The minimum atomic E-state index is -3.75. The molecule has 0 bridgehead atoms. The standard InChI is InChI=1S/C12H11BrFN3O2S/c13-9-1-3-11(14)8(5-9)6-17-20(18,19)10-2-4-12(15)16-7-10/h1-5,7,17H,6H2,(H2,15,16). The first-order chi connectivity index (χ1) is 9.38. The summed E-state index contributed by atoms with van der Waals surface area (Å²) in [6.07, 6.45) is 1.15. The largest absolute Gasteiger partial charge is 0.384 e. The van der Waals surface area contributed by atoms with Crippen LogP contribution in [-0.4, -0.2) is 13.4 Å². The van der Waals surface area contributed by atoms with E-state index in [9.17, 15) is 12.8 Å². The predicted octanol–water partition coefficient (Wildman–Crippen LogP) is 2.04. The number of sulfonamides is 1. The van der Waals surface area contributed by atoms with Crippen molar-refractivity contribution >= 4 is 31.8 Å². The third-order valence-electron chi connectivity index (χ3n) is 2.53. The Labute approximate surface area is 124 Å². The molecule has 0 atom stereocenters. The van der Waals surface area contributed by atoms with Crippen molar-refractivity contribution in [3.05, 3.63) is 52.4 Å². The zero-order valence-electron chi connectivity index (χ0n) is 10.2. The summed E-state index contributed by atoms with van der Waals surface area (Å²) in [6, 6.07) is 7.03. The number of nitrogens with two attached hydrogens (primary N) is 1. The van der Waals surface area contributed by atoms with Crippen LogP contribution < -0.4 is 10.5 Å². The summed E-state index contributed by atoms with van der Waals surface area (Å²) in [5.41, 5.74) is 5.63. The molecule has 0 unspecified atom stereocenters. The fourth-order valence-electron chi connectivity index (χ4n) is 1.49. The Balaban J connectivity index is 2.17. The van der Waals surface area contributed by atoms with E-state index >= 15 is 0 Å². The number of aromatic nitrogens is 1. The van der Waals surface area contributed by atoms with E-state index in [1.807, 2.05) is 0 Å². The van der Waals surface area contributed by atoms with E-state index in [4.69, 9.17) is 5.73 Å². The molecular weight excluding hydrogens is 349 g/mol. The van der Waals surface area contributed by atoms with Gasteiger partial charge >= 0.3 is 0 Å². The first kappa shape index (κ1) is 14.9. The van der Waals surface area contributed by atoms with Crippen LogP contribution in [0.3, 0.4) is 0 Å². The molecule has 0 fully saturated rings. The lowest BCUT2D eigenvalue weighted by atomic mass is 10.2. The van der Waals surface area contributed by atoms with Crippen molar-refractivity contribution in [2.24, 2.45) is 0 Å². The first-order valence-electron chi connectivity index (χ1n) is 5.53. The number of nitrogen functional groups attached to an aromatic ring is 1. The molecule has 0 saturated heterocycles. The number of pyridine rings is 1. The van der Waals surface area contributed by atoms with E-state index in [0.717, 1.165) is 6.20 Å². The smallest absolute Gasteiger partial charge is 0.242 e. The van der Waals surface area contributed by atoms with Crippen molar-refractivity contribution in [2.45, 2.75) is 11.4 Å². The number of anilines is 1. The molecule has 1 aromatic heterocycles. The summed E-state index contributed by atoms with van der Waals surface area (Å²) in [5, 5.41) is 0. The molecule has 0 spiro atoms. The second-order valence-corrected chi connectivity index (χ2v) is 6.66. The number of nitrogens with zero attached hydrogens (tertiary/aromatic N) is 1. The van der Waals surface area contributed by atoms with Gasteiger partial charge in [-0.25, -0.2) is 22.5 Å². The second-order valence-electron chi connectivity index (χ2n) is 3.98. The zero-order valence-corrected chi connectivity index (χ0v) is 12.6. The van der Waals surface area contributed by atoms with Gasteiger partial charge in [0.05, 0.1) is 0 Å². The van der Waals surface area contributed by atoms with E-state index in [0.29, 0.717) is 4.47 Å². The Kier molecular flexibility index (Phi) is 4.36. The summed E-state index contributed by atoms with van der Waals surface area (Å²) in [5.74, 6) is -0.256. The minimum absolute atomic E-state index is 0.0258. The summed E-state index contributed by atoms with van der Waals surface area (Å²) in [4.78, 5) is 3.68. The molecule has 2 rings (SSSR count). The number of nitrogens with one attached hydrogen (secondary N) is 1. The van der Waals surface area contributed by atoms with Crippen LogP contribution in [0.2, 0.25) is 0 Å². The molecule has 3 N–H and O–H groups in total. The lowest BCUT2D eigenvalue weighted by molar-refractivity contribution is 0.574. The Morgan fingerprint density at radius 2 is 2.05 bits per heavy atom. The van der Waals surface area contributed by atoms with Crippen LogP contribution in [0.1, 0.15) is 5.56 Å². The van der Waals surface area contributed by atoms with Gasteiger partial charge < -0.3 is 5.73 Å². The van der Waals surface area contributed by atoms with E-state index in [-0.39, 0.29) is 22.8 Å².